The Kier molecular flexibility index (Phi) is 4.43. The van der Waals surface area contributed by atoms with E-state index in [1.165, 1.54) is 4.88 Å². The summed E-state index contributed by atoms with van der Waals surface area (Å²) in [6.45, 7) is 2.67. The molecular weight excluding hydrogens is 310 g/mol. The minimum absolute atomic E-state index is 0.405. The summed E-state index contributed by atoms with van der Waals surface area (Å²) >= 11 is 5.22. The summed E-state index contributed by atoms with van der Waals surface area (Å²) in [5.41, 5.74) is 2.11. The molecule has 96 valence electrons. The fourth-order valence-corrected chi connectivity index (χ4v) is 3.27. The Labute approximate surface area is 120 Å². The van der Waals surface area contributed by atoms with Crippen LogP contribution >= 0.6 is 27.3 Å². The zero-order valence-electron chi connectivity index (χ0n) is 10.4. The SMILES string of the molecule is CC(O)c1ccc(N(C)Cc2cc(Br)cs2)cc1. The highest BCUT2D eigenvalue weighted by Gasteiger charge is 2.05. The number of anilines is 1. The Morgan fingerprint density at radius 3 is 2.50 bits per heavy atom. The standard InChI is InChI=1S/C14H16BrNOS/c1-10(17)11-3-5-13(6-4-11)16(2)8-14-7-12(15)9-18-14/h3-7,9-10,17H,8H2,1-2H3. The van der Waals surface area contributed by atoms with Crippen LogP contribution in [0.2, 0.25) is 0 Å². The summed E-state index contributed by atoms with van der Waals surface area (Å²) in [5.74, 6) is 0. The Bertz CT molecular complexity index is 507. The van der Waals surface area contributed by atoms with Crippen LogP contribution in [0.3, 0.4) is 0 Å². The third-order valence-electron chi connectivity index (χ3n) is 2.83. The van der Waals surface area contributed by atoms with Crippen LogP contribution in [0.15, 0.2) is 40.2 Å². The second-order valence-corrected chi connectivity index (χ2v) is 6.27. The van der Waals surface area contributed by atoms with Gasteiger partial charge in [0.25, 0.3) is 0 Å². The highest BCUT2D eigenvalue weighted by molar-refractivity contribution is 9.10. The predicted octanol–water partition coefficient (Wildman–Crippen LogP) is 4.20. The van der Waals surface area contributed by atoms with Crippen molar-refractivity contribution in [1.29, 1.82) is 0 Å². The van der Waals surface area contributed by atoms with Crippen molar-refractivity contribution in [1.82, 2.24) is 0 Å². The van der Waals surface area contributed by atoms with E-state index in [2.05, 4.69) is 39.3 Å². The molecule has 0 fully saturated rings. The molecule has 2 nitrogen and oxygen atoms in total. The van der Waals surface area contributed by atoms with Gasteiger partial charge in [0, 0.05) is 27.5 Å². The molecule has 1 heterocycles. The van der Waals surface area contributed by atoms with Crippen LogP contribution in [-0.4, -0.2) is 12.2 Å². The van der Waals surface area contributed by atoms with Gasteiger partial charge in [-0.25, -0.2) is 0 Å². The third-order valence-corrected chi connectivity index (χ3v) is 4.51. The molecule has 18 heavy (non-hydrogen) atoms. The molecule has 1 aromatic carbocycles. The van der Waals surface area contributed by atoms with E-state index in [0.717, 1.165) is 22.3 Å². The number of hydrogen-bond donors (Lipinski definition) is 1. The Morgan fingerprint density at radius 2 is 2.00 bits per heavy atom. The van der Waals surface area contributed by atoms with Crippen molar-refractivity contribution in [3.8, 4) is 0 Å². The molecule has 4 heteroatoms. The Morgan fingerprint density at radius 1 is 1.33 bits per heavy atom. The lowest BCUT2D eigenvalue weighted by Crippen LogP contribution is -2.15. The van der Waals surface area contributed by atoms with Crippen molar-refractivity contribution in [2.75, 3.05) is 11.9 Å². The van der Waals surface area contributed by atoms with Gasteiger partial charge < -0.3 is 10.0 Å². The number of rotatable bonds is 4. The summed E-state index contributed by atoms with van der Waals surface area (Å²) < 4.78 is 1.14. The molecule has 0 saturated heterocycles. The third kappa shape index (κ3) is 3.34. The van der Waals surface area contributed by atoms with E-state index in [-0.39, 0.29) is 0 Å². The van der Waals surface area contributed by atoms with Crippen LogP contribution < -0.4 is 4.90 Å². The van der Waals surface area contributed by atoms with Crippen molar-refractivity contribution in [3.63, 3.8) is 0 Å². The summed E-state index contributed by atoms with van der Waals surface area (Å²) in [7, 11) is 2.07. The van der Waals surface area contributed by atoms with Gasteiger partial charge in [-0.3, -0.25) is 0 Å². The number of halogens is 1. The number of benzene rings is 1. The molecular formula is C14H16BrNOS. The fraction of sp³-hybridized carbons (Fsp3) is 0.286. The molecule has 0 aliphatic rings. The van der Waals surface area contributed by atoms with Crippen LogP contribution in [0.5, 0.6) is 0 Å². The van der Waals surface area contributed by atoms with E-state index in [9.17, 15) is 5.11 Å². The first-order valence-electron chi connectivity index (χ1n) is 5.78. The first kappa shape index (κ1) is 13.6. The first-order chi connectivity index (χ1) is 8.56. The van der Waals surface area contributed by atoms with E-state index < -0.39 is 6.10 Å². The van der Waals surface area contributed by atoms with Crippen molar-refractivity contribution >= 4 is 33.0 Å². The van der Waals surface area contributed by atoms with Gasteiger partial charge in [-0.1, -0.05) is 12.1 Å². The number of hydrogen-bond acceptors (Lipinski definition) is 3. The molecule has 0 aliphatic heterocycles. The number of aliphatic hydroxyl groups is 1. The summed E-state index contributed by atoms with van der Waals surface area (Å²) in [6, 6.07) is 10.2. The maximum absolute atomic E-state index is 9.47. The summed E-state index contributed by atoms with van der Waals surface area (Å²) in [6.07, 6.45) is -0.405. The van der Waals surface area contributed by atoms with Crippen LogP contribution in [0, 0.1) is 0 Å². The average molecular weight is 326 g/mol. The van der Waals surface area contributed by atoms with Gasteiger partial charge in [0.05, 0.1) is 12.6 Å². The molecule has 0 radical (unpaired) electrons. The molecule has 2 rings (SSSR count). The van der Waals surface area contributed by atoms with Crippen molar-refractivity contribution < 1.29 is 5.11 Å². The second-order valence-electron chi connectivity index (χ2n) is 4.35. The minimum Gasteiger partial charge on any atom is -0.389 e. The number of thiophene rings is 1. The van der Waals surface area contributed by atoms with Gasteiger partial charge in [-0.05, 0) is 46.6 Å². The topological polar surface area (TPSA) is 23.5 Å². The predicted molar refractivity (Wildman–Crippen MR) is 81.2 cm³/mol. The maximum atomic E-state index is 9.47. The van der Waals surface area contributed by atoms with E-state index in [4.69, 9.17) is 0 Å². The molecule has 0 bridgehead atoms. The highest BCUT2D eigenvalue weighted by Crippen LogP contribution is 2.24. The van der Waals surface area contributed by atoms with Crippen LogP contribution in [0.4, 0.5) is 5.69 Å². The number of nitrogens with zero attached hydrogens (tertiary/aromatic N) is 1. The molecule has 2 aromatic rings. The molecule has 1 aromatic heterocycles. The first-order valence-corrected chi connectivity index (χ1v) is 7.45. The van der Waals surface area contributed by atoms with Gasteiger partial charge >= 0.3 is 0 Å². The Hall–Kier alpha value is -0.840. The fourth-order valence-electron chi connectivity index (χ4n) is 1.77. The largest absolute Gasteiger partial charge is 0.389 e. The Balaban J connectivity index is 2.06. The van der Waals surface area contributed by atoms with E-state index in [1.54, 1.807) is 18.3 Å². The van der Waals surface area contributed by atoms with Crippen LogP contribution in [-0.2, 0) is 6.54 Å². The normalized spacial score (nSPS) is 12.4. The summed E-state index contributed by atoms with van der Waals surface area (Å²) in [5, 5.41) is 11.6. The second kappa shape index (κ2) is 5.87. The van der Waals surface area contributed by atoms with E-state index in [1.807, 2.05) is 24.3 Å². The van der Waals surface area contributed by atoms with E-state index in [0.29, 0.717) is 0 Å². The molecule has 0 amide bonds. The van der Waals surface area contributed by atoms with Gasteiger partial charge in [0.2, 0.25) is 0 Å². The highest BCUT2D eigenvalue weighted by atomic mass is 79.9. The van der Waals surface area contributed by atoms with Crippen molar-refractivity contribution in [2.45, 2.75) is 19.6 Å². The molecule has 1 atom stereocenters. The van der Waals surface area contributed by atoms with Gasteiger partial charge in [0.15, 0.2) is 0 Å². The van der Waals surface area contributed by atoms with Crippen LogP contribution in [0.25, 0.3) is 0 Å². The summed E-state index contributed by atoms with van der Waals surface area (Å²) in [4.78, 5) is 3.52. The van der Waals surface area contributed by atoms with Crippen LogP contribution in [0.1, 0.15) is 23.5 Å². The molecule has 0 spiro atoms. The molecule has 1 N–H and O–H groups in total. The van der Waals surface area contributed by atoms with Crippen molar-refractivity contribution in [2.24, 2.45) is 0 Å². The molecule has 1 unspecified atom stereocenters. The van der Waals surface area contributed by atoms with Gasteiger partial charge in [-0.15, -0.1) is 11.3 Å². The molecule has 0 saturated carbocycles. The lowest BCUT2D eigenvalue weighted by molar-refractivity contribution is 0.199. The zero-order valence-corrected chi connectivity index (χ0v) is 12.8. The monoisotopic (exact) mass is 325 g/mol. The molecule has 0 aliphatic carbocycles. The van der Waals surface area contributed by atoms with E-state index >= 15 is 0 Å². The maximum Gasteiger partial charge on any atom is 0.0761 e. The lowest BCUT2D eigenvalue weighted by atomic mass is 10.1. The zero-order chi connectivity index (χ0) is 13.1. The quantitative estimate of drug-likeness (QED) is 0.910. The average Bonchev–Trinajstić information content (AvgIpc) is 2.75. The smallest absolute Gasteiger partial charge is 0.0761 e. The van der Waals surface area contributed by atoms with Crippen molar-refractivity contribution in [3.05, 3.63) is 50.6 Å². The lowest BCUT2D eigenvalue weighted by Gasteiger charge is -2.19. The van der Waals surface area contributed by atoms with Gasteiger partial charge in [-0.2, -0.15) is 0 Å². The van der Waals surface area contributed by atoms with Gasteiger partial charge in [0.1, 0.15) is 0 Å². The minimum atomic E-state index is -0.405. The number of aliphatic hydroxyl groups excluding tert-OH is 1.